The van der Waals surface area contributed by atoms with E-state index in [0.29, 0.717) is 19.6 Å². The highest BCUT2D eigenvalue weighted by molar-refractivity contribution is 6.29. The number of carbonyl (C=O) groups excluding carboxylic acids is 2. The molecule has 6 heteroatoms. The molecular weight excluding hydrogens is 266 g/mol. The highest BCUT2D eigenvalue weighted by Gasteiger charge is 2.11. The largest absolute Gasteiger partial charge is 0.350 e. The van der Waals surface area contributed by atoms with Gasteiger partial charge in [0, 0.05) is 26.1 Å². The number of halogens is 1. The predicted octanol–water partition coefficient (Wildman–Crippen LogP) is 1.72. The topological polar surface area (TPSA) is 62.3 Å². The van der Waals surface area contributed by atoms with Crippen LogP contribution in [-0.4, -0.2) is 41.3 Å². The molecule has 0 unspecified atom stereocenters. The van der Waals surface area contributed by atoms with Crippen LogP contribution < -0.4 is 5.32 Å². The smallest absolute Gasteiger partial charge is 0.269 e. The first kappa shape index (κ1) is 15.4. The molecule has 1 aromatic heterocycles. The molecule has 0 aliphatic rings. The lowest BCUT2D eigenvalue weighted by atomic mass is 10.3. The van der Waals surface area contributed by atoms with E-state index in [1.54, 1.807) is 23.1 Å². The summed E-state index contributed by atoms with van der Waals surface area (Å²) in [6, 6.07) is 4.83. The third-order valence-electron chi connectivity index (χ3n) is 2.69. The molecule has 0 radical (unpaired) electrons. The van der Waals surface area contributed by atoms with Crippen LogP contribution in [0.25, 0.3) is 0 Å². The molecule has 1 N–H and O–H groups in total. The van der Waals surface area contributed by atoms with Gasteiger partial charge in [-0.3, -0.25) is 9.59 Å². The van der Waals surface area contributed by atoms with Gasteiger partial charge in [0.25, 0.3) is 5.91 Å². The van der Waals surface area contributed by atoms with E-state index in [9.17, 15) is 9.59 Å². The molecule has 19 heavy (non-hydrogen) atoms. The number of nitrogens with zero attached hydrogens (tertiary/aromatic N) is 2. The molecule has 5 nitrogen and oxygen atoms in total. The van der Waals surface area contributed by atoms with E-state index in [-0.39, 0.29) is 29.1 Å². The van der Waals surface area contributed by atoms with Crippen molar-refractivity contribution in [1.82, 2.24) is 15.2 Å². The van der Waals surface area contributed by atoms with Gasteiger partial charge in [-0.15, -0.1) is 0 Å². The average molecular weight is 284 g/mol. The highest BCUT2D eigenvalue weighted by atomic mass is 35.5. The fourth-order valence-corrected chi connectivity index (χ4v) is 1.81. The molecule has 104 valence electrons. The van der Waals surface area contributed by atoms with Gasteiger partial charge in [-0.2, -0.15) is 0 Å². The minimum Gasteiger partial charge on any atom is -0.350 e. The van der Waals surface area contributed by atoms with E-state index in [2.05, 4.69) is 10.3 Å². The molecule has 1 heterocycles. The molecule has 0 spiro atoms. The van der Waals surface area contributed by atoms with Gasteiger partial charge in [-0.1, -0.05) is 17.7 Å². The molecule has 2 amide bonds. The van der Waals surface area contributed by atoms with Crippen molar-refractivity contribution in [3.05, 3.63) is 29.0 Å². The maximum Gasteiger partial charge on any atom is 0.269 e. The van der Waals surface area contributed by atoms with E-state index in [0.717, 1.165) is 0 Å². The Hall–Kier alpha value is -1.62. The molecule has 1 rings (SSSR count). The van der Waals surface area contributed by atoms with Crippen molar-refractivity contribution >= 4 is 23.4 Å². The maximum absolute atomic E-state index is 11.7. The zero-order valence-corrected chi connectivity index (χ0v) is 11.9. The van der Waals surface area contributed by atoms with Crippen LogP contribution in [0.2, 0.25) is 5.15 Å². The fraction of sp³-hybridized carbons (Fsp3) is 0.462. The second kappa shape index (κ2) is 7.74. The number of hydrogen-bond donors (Lipinski definition) is 1. The summed E-state index contributed by atoms with van der Waals surface area (Å²) in [4.78, 5) is 29.1. The SMILES string of the molecule is CCN(CC)C(=O)CCNC(=O)c1cccc(Cl)n1. The van der Waals surface area contributed by atoms with Gasteiger partial charge in [0.05, 0.1) is 0 Å². The number of pyridine rings is 1. The maximum atomic E-state index is 11.7. The Morgan fingerprint density at radius 2 is 2.00 bits per heavy atom. The normalized spacial score (nSPS) is 10.1. The van der Waals surface area contributed by atoms with Crippen LogP contribution in [0.3, 0.4) is 0 Å². The molecular formula is C13H18ClN3O2. The zero-order valence-electron chi connectivity index (χ0n) is 11.1. The van der Waals surface area contributed by atoms with Crippen LogP contribution in [0.5, 0.6) is 0 Å². The Balaban J connectivity index is 2.41. The summed E-state index contributed by atoms with van der Waals surface area (Å²) in [6.07, 6.45) is 0.286. The van der Waals surface area contributed by atoms with Crippen LogP contribution in [0.15, 0.2) is 18.2 Å². The second-order valence-corrected chi connectivity index (χ2v) is 4.30. The molecule has 0 aliphatic carbocycles. The Labute approximate surface area is 118 Å². The first-order valence-electron chi connectivity index (χ1n) is 6.27. The third-order valence-corrected chi connectivity index (χ3v) is 2.90. The third kappa shape index (κ3) is 4.87. The standard InChI is InChI=1S/C13H18ClN3O2/c1-3-17(4-2)12(18)8-9-15-13(19)10-6-5-7-11(14)16-10/h5-7H,3-4,8-9H2,1-2H3,(H,15,19). The molecule has 0 aromatic carbocycles. The first-order valence-corrected chi connectivity index (χ1v) is 6.64. The number of aromatic nitrogens is 1. The molecule has 0 aliphatic heterocycles. The van der Waals surface area contributed by atoms with Crippen LogP contribution in [0.1, 0.15) is 30.8 Å². The Morgan fingerprint density at radius 1 is 1.32 bits per heavy atom. The van der Waals surface area contributed by atoms with Crippen LogP contribution in [-0.2, 0) is 4.79 Å². The summed E-state index contributed by atoms with van der Waals surface area (Å²) < 4.78 is 0. The quantitative estimate of drug-likeness (QED) is 0.809. The van der Waals surface area contributed by atoms with Crippen LogP contribution >= 0.6 is 11.6 Å². The number of hydrogen-bond acceptors (Lipinski definition) is 3. The number of nitrogens with one attached hydrogen (secondary N) is 1. The van der Waals surface area contributed by atoms with E-state index < -0.39 is 0 Å². The molecule has 1 aromatic rings. The lowest BCUT2D eigenvalue weighted by molar-refractivity contribution is -0.130. The highest BCUT2D eigenvalue weighted by Crippen LogP contribution is 2.04. The number of amides is 2. The lowest BCUT2D eigenvalue weighted by Crippen LogP contribution is -2.34. The zero-order chi connectivity index (χ0) is 14.3. The molecule has 0 saturated carbocycles. The summed E-state index contributed by atoms with van der Waals surface area (Å²) in [7, 11) is 0. The number of carbonyl (C=O) groups is 2. The fourth-order valence-electron chi connectivity index (χ4n) is 1.64. The average Bonchev–Trinajstić information content (AvgIpc) is 2.40. The molecule has 0 bridgehead atoms. The van der Waals surface area contributed by atoms with E-state index >= 15 is 0 Å². The lowest BCUT2D eigenvalue weighted by Gasteiger charge is -2.18. The van der Waals surface area contributed by atoms with Gasteiger partial charge >= 0.3 is 0 Å². The summed E-state index contributed by atoms with van der Waals surface area (Å²) in [6.45, 7) is 5.51. The molecule has 0 saturated heterocycles. The van der Waals surface area contributed by atoms with E-state index in [1.165, 1.54) is 0 Å². The Morgan fingerprint density at radius 3 is 2.58 bits per heavy atom. The molecule has 0 fully saturated rings. The van der Waals surface area contributed by atoms with Crippen molar-refractivity contribution < 1.29 is 9.59 Å². The predicted molar refractivity (Wildman–Crippen MR) is 74.1 cm³/mol. The minimum absolute atomic E-state index is 0.0318. The van der Waals surface area contributed by atoms with Gasteiger partial charge < -0.3 is 10.2 Å². The van der Waals surface area contributed by atoms with Gasteiger partial charge in [0.2, 0.25) is 5.91 Å². The first-order chi connectivity index (χ1) is 9.08. The van der Waals surface area contributed by atoms with Gasteiger partial charge in [0.15, 0.2) is 0 Å². The van der Waals surface area contributed by atoms with Crippen molar-refractivity contribution in [3.63, 3.8) is 0 Å². The van der Waals surface area contributed by atoms with Crippen molar-refractivity contribution in [2.75, 3.05) is 19.6 Å². The summed E-state index contributed by atoms with van der Waals surface area (Å²) in [5, 5.41) is 2.92. The monoisotopic (exact) mass is 283 g/mol. The summed E-state index contributed by atoms with van der Waals surface area (Å²) >= 11 is 5.70. The van der Waals surface area contributed by atoms with Crippen molar-refractivity contribution in [2.45, 2.75) is 20.3 Å². The van der Waals surface area contributed by atoms with Crippen molar-refractivity contribution in [3.8, 4) is 0 Å². The number of rotatable bonds is 6. The van der Waals surface area contributed by atoms with Gasteiger partial charge in [0.1, 0.15) is 10.8 Å². The van der Waals surface area contributed by atoms with Crippen LogP contribution in [0, 0.1) is 0 Å². The Kier molecular flexibility index (Phi) is 6.29. The molecule has 0 atom stereocenters. The Bertz CT molecular complexity index is 447. The summed E-state index contributed by atoms with van der Waals surface area (Å²) in [5.41, 5.74) is 0.253. The van der Waals surface area contributed by atoms with Gasteiger partial charge in [-0.05, 0) is 26.0 Å². The summed E-state index contributed by atoms with van der Waals surface area (Å²) in [5.74, 6) is -0.292. The second-order valence-electron chi connectivity index (χ2n) is 3.92. The van der Waals surface area contributed by atoms with Crippen molar-refractivity contribution in [1.29, 1.82) is 0 Å². The minimum atomic E-state index is -0.324. The van der Waals surface area contributed by atoms with E-state index in [1.807, 2.05) is 13.8 Å². The van der Waals surface area contributed by atoms with Gasteiger partial charge in [-0.25, -0.2) is 4.98 Å². The van der Waals surface area contributed by atoms with Crippen molar-refractivity contribution in [2.24, 2.45) is 0 Å². The van der Waals surface area contributed by atoms with Crippen LogP contribution in [0.4, 0.5) is 0 Å². The van der Waals surface area contributed by atoms with E-state index in [4.69, 9.17) is 11.6 Å².